The number of halogens is 1. The molecule has 1 fully saturated rings. The van der Waals surface area contributed by atoms with Gasteiger partial charge < -0.3 is 19.5 Å². The van der Waals surface area contributed by atoms with Gasteiger partial charge in [0.15, 0.2) is 17.1 Å². The first-order valence-corrected chi connectivity index (χ1v) is 11.3. The van der Waals surface area contributed by atoms with Crippen LogP contribution in [-0.4, -0.2) is 59.7 Å². The molecule has 3 aromatic rings. The van der Waals surface area contributed by atoms with Crippen molar-refractivity contribution < 1.29 is 19.4 Å². The first kappa shape index (κ1) is 24.8. The number of aromatic nitrogens is 1. The summed E-state index contributed by atoms with van der Waals surface area (Å²) in [7, 11) is 1.58. The smallest absolute Gasteiger partial charge is 0.278 e. The number of rotatable bonds is 6. The lowest BCUT2D eigenvalue weighted by Gasteiger charge is -2.56. The first-order chi connectivity index (χ1) is 16.6. The number of ether oxygens (including phenoxy) is 2. The molecule has 1 atom stereocenters. The normalized spacial score (nSPS) is 19.2. The van der Waals surface area contributed by atoms with Gasteiger partial charge in [0.25, 0.3) is 5.91 Å². The minimum atomic E-state index is -0.847. The minimum absolute atomic E-state index is 0. The predicted molar refractivity (Wildman–Crippen MR) is 134 cm³/mol. The van der Waals surface area contributed by atoms with E-state index in [2.05, 4.69) is 5.01 Å². The summed E-state index contributed by atoms with van der Waals surface area (Å²) in [5.74, 6) is -0.984. The third kappa shape index (κ3) is 4.07. The predicted octanol–water partition coefficient (Wildman–Crippen LogP) is 2.92. The molecule has 1 amide bonds. The van der Waals surface area contributed by atoms with Gasteiger partial charge in [-0.1, -0.05) is 60.7 Å². The van der Waals surface area contributed by atoms with Crippen LogP contribution in [0.25, 0.3) is 0 Å². The maximum atomic E-state index is 13.8. The molecule has 2 aliphatic heterocycles. The Morgan fingerprint density at radius 2 is 1.66 bits per heavy atom. The summed E-state index contributed by atoms with van der Waals surface area (Å²) in [6.07, 6.45) is 2.13. The van der Waals surface area contributed by atoms with Crippen LogP contribution >= 0.6 is 12.4 Å². The van der Waals surface area contributed by atoms with E-state index < -0.39 is 22.7 Å². The number of nitrogens with zero attached hydrogens (tertiary/aromatic N) is 3. The summed E-state index contributed by atoms with van der Waals surface area (Å²) < 4.78 is 12.9. The first-order valence-electron chi connectivity index (χ1n) is 11.3. The van der Waals surface area contributed by atoms with Crippen molar-refractivity contribution in [1.82, 2.24) is 9.58 Å². The third-order valence-electron chi connectivity index (χ3n) is 6.64. The zero-order chi connectivity index (χ0) is 23.7. The van der Waals surface area contributed by atoms with E-state index in [4.69, 9.17) is 9.47 Å². The molecule has 184 valence electrons. The van der Waals surface area contributed by atoms with Crippen molar-refractivity contribution >= 4 is 18.3 Å². The van der Waals surface area contributed by atoms with E-state index in [1.54, 1.807) is 22.9 Å². The van der Waals surface area contributed by atoms with E-state index in [1.807, 2.05) is 60.7 Å². The Kier molecular flexibility index (Phi) is 7.16. The molecular weight excluding hydrogens is 470 g/mol. The van der Waals surface area contributed by atoms with Crippen molar-refractivity contribution in [3.63, 3.8) is 0 Å². The molecule has 1 N–H and O–H groups in total. The number of carbonyl (C=O) groups is 1. The zero-order valence-corrected chi connectivity index (χ0v) is 20.2. The molecule has 0 bridgehead atoms. The lowest BCUT2D eigenvalue weighted by atomic mass is 9.92. The van der Waals surface area contributed by atoms with Crippen LogP contribution in [0.4, 0.5) is 0 Å². The summed E-state index contributed by atoms with van der Waals surface area (Å²) in [5.41, 5.74) is 0.509. The summed E-state index contributed by atoms with van der Waals surface area (Å²) in [6, 6.07) is 21.0. The highest BCUT2D eigenvalue weighted by atomic mass is 35.5. The quantitative estimate of drug-likeness (QED) is 0.564. The molecule has 1 saturated heterocycles. The van der Waals surface area contributed by atoms with Crippen molar-refractivity contribution in [3.05, 3.63) is 100.0 Å². The maximum Gasteiger partial charge on any atom is 0.278 e. The van der Waals surface area contributed by atoms with Crippen molar-refractivity contribution in [2.75, 3.05) is 38.5 Å². The Labute approximate surface area is 209 Å². The number of hydrogen-bond donors (Lipinski definition) is 1. The van der Waals surface area contributed by atoms with Crippen LogP contribution in [0, 0.1) is 0 Å². The molecule has 9 heteroatoms. The lowest BCUT2D eigenvalue weighted by Crippen LogP contribution is -2.72. The summed E-state index contributed by atoms with van der Waals surface area (Å²) >= 11 is 0. The van der Waals surface area contributed by atoms with Crippen LogP contribution in [-0.2, 0) is 9.47 Å². The van der Waals surface area contributed by atoms with Crippen molar-refractivity contribution in [1.29, 1.82) is 0 Å². The highest BCUT2D eigenvalue weighted by Gasteiger charge is 2.55. The Balaban J connectivity index is 0.00000289. The SMILES string of the molecule is COCCN1C(=O)c2c(O)c(=O)ccn2N(C(c2ccccc2)c2ccccc2)C12CCOC2.Cl. The molecule has 0 saturated carbocycles. The van der Waals surface area contributed by atoms with Gasteiger partial charge in [0, 0.05) is 32.3 Å². The van der Waals surface area contributed by atoms with Crippen molar-refractivity contribution in [3.8, 4) is 5.75 Å². The van der Waals surface area contributed by atoms with Crippen LogP contribution < -0.4 is 10.4 Å². The van der Waals surface area contributed by atoms with Gasteiger partial charge >= 0.3 is 0 Å². The molecule has 2 aliphatic rings. The van der Waals surface area contributed by atoms with Crippen LogP contribution in [0.3, 0.4) is 0 Å². The van der Waals surface area contributed by atoms with Crippen LogP contribution in [0.15, 0.2) is 77.7 Å². The summed E-state index contributed by atoms with van der Waals surface area (Å²) in [5, 5.41) is 12.8. The van der Waals surface area contributed by atoms with Crippen molar-refractivity contribution in [2.24, 2.45) is 0 Å². The van der Waals surface area contributed by atoms with Gasteiger partial charge in [-0.2, -0.15) is 0 Å². The second-order valence-electron chi connectivity index (χ2n) is 8.52. The molecule has 8 nitrogen and oxygen atoms in total. The van der Waals surface area contributed by atoms with Crippen molar-refractivity contribution in [2.45, 2.75) is 18.1 Å². The van der Waals surface area contributed by atoms with Crippen LogP contribution in [0.2, 0.25) is 0 Å². The number of pyridine rings is 1. The standard InChI is InChI=1S/C26H27N3O5.ClH/c1-33-17-15-27-25(32)23-24(31)21(30)12-14-28(23)29(26(27)13-16-34-18-26)22(19-8-4-2-5-9-19)20-10-6-3-7-11-20;/h2-12,14,22,31H,13,15-18H2,1H3;1H. The zero-order valence-electron chi connectivity index (χ0n) is 19.4. The number of aromatic hydroxyl groups is 1. The lowest BCUT2D eigenvalue weighted by molar-refractivity contribution is 0.00630. The molecule has 5 rings (SSSR count). The molecular formula is C26H28ClN3O5. The van der Waals surface area contributed by atoms with Gasteiger partial charge in [-0.3, -0.25) is 19.3 Å². The van der Waals surface area contributed by atoms with Gasteiger partial charge in [-0.25, -0.2) is 0 Å². The summed E-state index contributed by atoms with van der Waals surface area (Å²) in [4.78, 5) is 27.8. The topological polar surface area (TPSA) is 84.2 Å². The fourth-order valence-corrected chi connectivity index (χ4v) is 5.08. The molecule has 35 heavy (non-hydrogen) atoms. The number of fused-ring (bicyclic) bond motifs is 1. The third-order valence-corrected chi connectivity index (χ3v) is 6.64. The van der Waals surface area contributed by atoms with Crippen LogP contribution in [0.5, 0.6) is 5.75 Å². The van der Waals surface area contributed by atoms with E-state index in [9.17, 15) is 14.7 Å². The Morgan fingerprint density at radius 3 is 2.20 bits per heavy atom. The van der Waals surface area contributed by atoms with E-state index in [1.165, 1.54) is 6.07 Å². The molecule has 1 aromatic heterocycles. The summed E-state index contributed by atoms with van der Waals surface area (Å²) in [6.45, 7) is 1.35. The Bertz CT molecular complexity index is 1190. The number of amides is 1. The van der Waals surface area contributed by atoms with Gasteiger partial charge in [-0.05, 0) is 11.1 Å². The molecule has 1 unspecified atom stereocenters. The van der Waals surface area contributed by atoms with Crippen LogP contribution in [0.1, 0.15) is 34.1 Å². The average Bonchev–Trinajstić information content (AvgIpc) is 3.35. The molecule has 3 heterocycles. The molecule has 0 aliphatic carbocycles. The number of carbonyl (C=O) groups excluding carboxylic acids is 1. The second-order valence-corrected chi connectivity index (χ2v) is 8.52. The van der Waals surface area contributed by atoms with E-state index in [-0.39, 0.29) is 37.3 Å². The maximum absolute atomic E-state index is 13.8. The molecule has 0 radical (unpaired) electrons. The number of hydrogen-bond acceptors (Lipinski definition) is 6. The van der Waals surface area contributed by atoms with E-state index in [0.717, 1.165) is 11.1 Å². The highest BCUT2D eigenvalue weighted by Crippen LogP contribution is 2.43. The fourth-order valence-electron chi connectivity index (χ4n) is 5.08. The molecule has 2 aromatic carbocycles. The second kappa shape index (κ2) is 10.1. The Morgan fingerprint density at radius 1 is 1.03 bits per heavy atom. The Hall–Kier alpha value is -3.33. The molecule has 1 spiro atoms. The van der Waals surface area contributed by atoms with Gasteiger partial charge in [-0.15, -0.1) is 12.4 Å². The van der Waals surface area contributed by atoms with E-state index >= 15 is 0 Å². The largest absolute Gasteiger partial charge is 0.502 e. The monoisotopic (exact) mass is 497 g/mol. The van der Waals surface area contributed by atoms with Gasteiger partial charge in [0.1, 0.15) is 0 Å². The highest BCUT2D eigenvalue weighted by molar-refractivity contribution is 5.97. The van der Waals surface area contributed by atoms with Gasteiger partial charge in [0.2, 0.25) is 5.43 Å². The minimum Gasteiger partial charge on any atom is -0.502 e. The number of benzene rings is 2. The van der Waals surface area contributed by atoms with Gasteiger partial charge in [0.05, 0.1) is 25.9 Å². The number of methoxy groups -OCH3 is 1. The van der Waals surface area contributed by atoms with E-state index in [0.29, 0.717) is 19.6 Å². The average molecular weight is 498 g/mol. The fraction of sp³-hybridized carbons (Fsp3) is 0.308.